The lowest BCUT2D eigenvalue weighted by molar-refractivity contribution is -0.384. The van der Waals surface area contributed by atoms with Crippen molar-refractivity contribution >= 4 is 17.3 Å². The lowest BCUT2D eigenvalue weighted by atomic mass is 10.1. The molecule has 0 radical (unpaired) electrons. The molecule has 19 heavy (non-hydrogen) atoms. The number of carboxylic acid groups (broad SMARTS) is 1. The van der Waals surface area contributed by atoms with Crippen LogP contribution < -0.4 is 4.90 Å². The van der Waals surface area contributed by atoms with E-state index in [1.54, 1.807) is 12.1 Å². The van der Waals surface area contributed by atoms with Gasteiger partial charge in [-0.2, -0.15) is 0 Å². The molecular weight excluding hydrogens is 248 g/mol. The van der Waals surface area contributed by atoms with Crippen molar-refractivity contribution in [1.29, 1.82) is 0 Å². The minimum absolute atomic E-state index is 0.246. The third-order valence-corrected chi connectivity index (χ3v) is 3.19. The number of carboxylic acids is 1. The van der Waals surface area contributed by atoms with Crippen molar-refractivity contribution in [3.8, 4) is 0 Å². The first-order chi connectivity index (χ1) is 9.06. The summed E-state index contributed by atoms with van der Waals surface area (Å²) in [5.41, 5.74) is -0.117. The van der Waals surface area contributed by atoms with E-state index in [4.69, 9.17) is 5.11 Å². The third-order valence-electron chi connectivity index (χ3n) is 3.19. The maximum Gasteiger partial charge on any atom is 0.342 e. The lowest BCUT2D eigenvalue weighted by Gasteiger charge is -2.24. The van der Waals surface area contributed by atoms with Crippen molar-refractivity contribution in [2.24, 2.45) is 0 Å². The van der Waals surface area contributed by atoms with Gasteiger partial charge in [0.15, 0.2) is 0 Å². The molecule has 2 rings (SSSR count). The molecule has 0 heterocycles. The highest BCUT2D eigenvalue weighted by molar-refractivity contribution is 5.95. The predicted molar refractivity (Wildman–Crippen MR) is 70.7 cm³/mol. The summed E-state index contributed by atoms with van der Waals surface area (Å²) in [6.07, 6.45) is 2.88. The fourth-order valence-electron chi connectivity index (χ4n) is 2.25. The van der Waals surface area contributed by atoms with Gasteiger partial charge in [-0.3, -0.25) is 10.1 Å². The number of benzene rings is 1. The number of nitro groups is 1. The zero-order chi connectivity index (χ0) is 14.0. The Morgan fingerprint density at radius 3 is 2.68 bits per heavy atom. The normalized spacial score (nSPS) is 14.2. The van der Waals surface area contributed by atoms with Crippen LogP contribution in [-0.4, -0.2) is 28.6 Å². The second kappa shape index (κ2) is 5.26. The van der Waals surface area contributed by atoms with Crippen LogP contribution in [0.1, 0.15) is 36.5 Å². The summed E-state index contributed by atoms with van der Waals surface area (Å²) >= 11 is 0. The minimum Gasteiger partial charge on any atom is -0.477 e. The Labute approximate surface area is 110 Å². The van der Waals surface area contributed by atoms with Gasteiger partial charge in [-0.05, 0) is 31.4 Å². The molecule has 0 saturated heterocycles. The number of hydrogen-bond acceptors (Lipinski definition) is 4. The topological polar surface area (TPSA) is 83.7 Å². The molecule has 6 nitrogen and oxygen atoms in total. The molecule has 1 saturated carbocycles. The van der Waals surface area contributed by atoms with Crippen molar-refractivity contribution in [3.63, 3.8) is 0 Å². The number of carbonyl (C=O) groups is 1. The minimum atomic E-state index is -1.26. The Bertz CT molecular complexity index is 511. The van der Waals surface area contributed by atoms with Crippen molar-refractivity contribution in [2.45, 2.75) is 32.2 Å². The third kappa shape index (κ3) is 2.67. The van der Waals surface area contributed by atoms with Gasteiger partial charge < -0.3 is 10.0 Å². The van der Waals surface area contributed by atoms with Gasteiger partial charge in [-0.15, -0.1) is 0 Å². The van der Waals surface area contributed by atoms with E-state index in [-0.39, 0.29) is 11.3 Å². The standard InChI is InChI=1S/C13H16N2O4/c1-2-8-14(9-6-7-9)11-5-3-4-10(13(16)17)12(11)15(18)19/h3-5,9H,2,6-8H2,1H3,(H,16,17). The molecule has 6 heteroatoms. The van der Waals surface area contributed by atoms with Crippen LogP contribution in [0, 0.1) is 10.1 Å². The lowest BCUT2D eigenvalue weighted by Crippen LogP contribution is -2.27. The van der Waals surface area contributed by atoms with E-state index in [0.29, 0.717) is 18.3 Å². The van der Waals surface area contributed by atoms with Crippen molar-refractivity contribution in [1.82, 2.24) is 0 Å². The number of aromatic carboxylic acids is 1. The Kier molecular flexibility index (Phi) is 3.69. The SMILES string of the molecule is CCCN(c1cccc(C(=O)O)c1[N+](=O)[O-])C1CC1. The summed E-state index contributed by atoms with van der Waals surface area (Å²) < 4.78 is 0. The number of nitrogens with zero attached hydrogens (tertiary/aromatic N) is 2. The van der Waals surface area contributed by atoms with Gasteiger partial charge in [0.2, 0.25) is 0 Å². The molecule has 1 aliphatic carbocycles. The average Bonchev–Trinajstić information content (AvgIpc) is 3.19. The highest BCUT2D eigenvalue weighted by atomic mass is 16.6. The Morgan fingerprint density at radius 1 is 1.53 bits per heavy atom. The molecule has 1 aliphatic rings. The first kappa shape index (κ1) is 13.3. The average molecular weight is 264 g/mol. The summed E-state index contributed by atoms with van der Waals surface area (Å²) in [4.78, 5) is 23.7. The Morgan fingerprint density at radius 2 is 2.21 bits per heavy atom. The number of nitro benzene ring substituents is 1. The van der Waals surface area contributed by atoms with Gasteiger partial charge in [0.05, 0.1) is 4.92 Å². The molecular formula is C13H16N2O4. The van der Waals surface area contributed by atoms with Crippen LogP contribution >= 0.6 is 0 Å². The Balaban J connectivity index is 2.51. The fourth-order valence-corrected chi connectivity index (χ4v) is 2.25. The van der Waals surface area contributed by atoms with Crippen molar-refractivity contribution in [2.75, 3.05) is 11.4 Å². The van der Waals surface area contributed by atoms with Crippen LogP contribution in [-0.2, 0) is 0 Å². The first-order valence-corrected chi connectivity index (χ1v) is 6.33. The van der Waals surface area contributed by atoms with Crippen molar-refractivity contribution in [3.05, 3.63) is 33.9 Å². The molecule has 0 unspecified atom stereocenters. The summed E-state index contributed by atoms with van der Waals surface area (Å²) in [6.45, 7) is 2.71. The van der Waals surface area contributed by atoms with Crippen LogP contribution in [0.15, 0.2) is 18.2 Å². The highest BCUT2D eigenvalue weighted by Crippen LogP contribution is 2.38. The Hall–Kier alpha value is -2.11. The molecule has 0 amide bonds. The molecule has 0 bridgehead atoms. The summed E-state index contributed by atoms with van der Waals surface area (Å²) in [7, 11) is 0. The zero-order valence-corrected chi connectivity index (χ0v) is 10.7. The summed E-state index contributed by atoms with van der Waals surface area (Å²) in [5.74, 6) is -1.26. The van der Waals surface area contributed by atoms with Crippen LogP contribution in [0.25, 0.3) is 0 Å². The summed E-state index contributed by atoms with van der Waals surface area (Å²) in [6, 6.07) is 4.79. The second-order valence-electron chi connectivity index (χ2n) is 4.66. The zero-order valence-electron chi connectivity index (χ0n) is 10.7. The summed E-state index contributed by atoms with van der Waals surface area (Å²) in [5, 5.41) is 20.3. The molecule has 0 atom stereocenters. The van der Waals surface area contributed by atoms with Crippen LogP contribution in [0.4, 0.5) is 11.4 Å². The first-order valence-electron chi connectivity index (χ1n) is 6.33. The van der Waals surface area contributed by atoms with Gasteiger partial charge in [0, 0.05) is 12.6 Å². The van der Waals surface area contributed by atoms with Crippen LogP contribution in [0.3, 0.4) is 0 Å². The maximum atomic E-state index is 11.2. The quantitative estimate of drug-likeness (QED) is 0.630. The van der Waals surface area contributed by atoms with E-state index in [1.807, 2.05) is 11.8 Å². The monoisotopic (exact) mass is 264 g/mol. The number of para-hydroxylation sites is 1. The van der Waals surface area contributed by atoms with Crippen LogP contribution in [0.2, 0.25) is 0 Å². The van der Waals surface area contributed by atoms with E-state index in [1.165, 1.54) is 6.07 Å². The number of hydrogen-bond donors (Lipinski definition) is 1. The van der Waals surface area contributed by atoms with E-state index in [0.717, 1.165) is 19.3 Å². The van der Waals surface area contributed by atoms with Crippen LogP contribution in [0.5, 0.6) is 0 Å². The van der Waals surface area contributed by atoms with Crippen molar-refractivity contribution < 1.29 is 14.8 Å². The van der Waals surface area contributed by atoms with Gasteiger partial charge in [-0.25, -0.2) is 4.79 Å². The number of rotatable bonds is 6. The van der Waals surface area contributed by atoms with Gasteiger partial charge in [-0.1, -0.05) is 13.0 Å². The smallest absolute Gasteiger partial charge is 0.342 e. The van der Waals surface area contributed by atoms with E-state index in [9.17, 15) is 14.9 Å². The predicted octanol–water partition coefficient (Wildman–Crippen LogP) is 2.67. The van der Waals surface area contributed by atoms with Gasteiger partial charge in [0.1, 0.15) is 11.3 Å². The molecule has 0 aromatic heterocycles. The largest absolute Gasteiger partial charge is 0.477 e. The molecule has 1 aromatic carbocycles. The molecule has 0 aliphatic heterocycles. The second-order valence-corrected chi connectivity index (χ2v) is 4.66. The fraction of sp³-hybridized carbons (Fsp3) is 0.462. The van der Waals surface area contributed by atoms with E-state index < -0.39 is 10.9 Å². The number of anilines is 1. The van der Waals surface area contributed by atoms with Gasteiger partial charge >= 0.3 is 11.7 Å². The molecule has 1 N–H and O–H groups in total. The molecule has 1 fully saturated rings. The van der Waals surface area contributed by atoms with E-state index >= 15 is 0 Å². The highest BCUT2D eigenvalue weighted by Gasteiger charge is 2.34. The van der Waals surface area contributed by atoms with Gasteiger partial charge in [0.25, 0.3) is 0 Å². The van der Waals surface area contributed by atoms with E-state index in [2.05, 4.69) is 0 Å². The maximum absolute atomic E-state index is 11.2. The molecule has 102 valence electrons. The molecule has 0 spiro atoms. The molecule has 1 aromatic rings.